The van der Waals surface area contributed by atoms with Crippen molar-refractivity contribution in [3.63, 3.8) is 0 Å². The van der Waals surface area contributed by atoms with E-state index in [1.54, 1.807) is 0 Å². The number of hydrogen-bond acceptors (Lipinski definition) is 5. The lowest BCUT2D eigenvalue weighted by Crippen LogP contribution is -2.54. The maximum absolute atomic E-state index is 11.5. The van der Waals surface area contributed by atoms with Crippen LogP contribution in [0.25, 0.3) is 0 Å². The van der Waals surface area contributed by atoms with Crippen LogP contribution in [-0.4, -0.2) is 60.7 Å². The summed E-state index contributed by atoms with van der Waals surface area (Å²) in [5.41, 5.74) is 5.33. The summed E-state index contributed by atoms with van der Waals surface area (Å²) in [4.78, 5) is 2.17. The molecule has 0 spiro atoms. The average molecular weight is 264 g/mol. The predicted octanol–water partition coefficient (Wildman–Crippen LogP) is -0.406. The summed E-state index contributed by atoms with van der Waals surface area (Å²) in [6, 6.07) is 0.209. The normalized spacial score (nSPS) is 30.8. The van der Waals surface area contributed by atoms with Gasteiger partial charge in [0.15, 0.2) is 9.84 Å². The van der Waals surface area contributed by atoms with Gasteiger partial charge in [-0.05, 0) is 27.2 Å². The largest absolute Gasteiger partial charge is 0.394 e. The van der Waals surface area contributed by atoms with E-state index in [9.17, 15) is 8.42 Å². The van der Waals surface area contributed by atoms with Crippen LogP contribution < -0.4 is 5.73 Å². The van der Waals surface area contributed by atoms with Gasteiger partial charge in [-0.3, -0.25) is 4.90 Å². The Bertz CT molecular complexity index is 354. The van der Waals surface area contributed by atoms with E-state index in [1.165, 1.54) is 0 Å². The molecule has 0 aliphatic carbocycles. The van der Waals surface area contributed by atoms with E-state index in [2.05, 4.69) is 4.90 Å². The first-order chi connectivity index (χ1) is 7.67. The maximum Gasteiger partial charge on any atom is 0.153 e. The van der Waals surface area contributed by atoms with Crippen molar-refractivity contribution in [3.8, 4) is 0 Å². The molecular weight excluding hydrogens is 240 g/mol. The van der Waals surface area contributed by atoms with Crippen molar-refractivity contribution in [3.05, 3.63) is 0 Å². The fourth-order valence-electron chi connectivity index (χ4n) is 2.52. The molecule has 0 aromatic heterocycles. The molecule has 3 unspecified atom stereocenters. The quantitative estimate of drug-likeness (QED) is 0.721. The fourth-order valence-corrected chi connectivity index (χ4v) is 4.11. The highest BCUT2D eigenvalue weighted by molar-refractivity contribution is 7.91. The van der Waals surface area contributed by atoms with Gasteiger partial charge in [-0.15, -0.1) is 0 Å². The van der Waals surface area contributed by atoms with Crippen molar-refractivity contribution < 1.29 is 13.5 Å². The van der Waals surface area contributed by atoms with Crippen LogP contribution in [0.5, 0.6) is 0 Å². The van der Waals surface area contributed by atoms with Gasteiger partial charge in [-0.1, -0.05) is 0 Å². The zero-order valence-electron chi connectivity index (χ0n) is 10.9. The van der Waals surface area contributed by atoms with Crippen LogP contribution in [0.4, 0.5) is 0 Å². The number of aliphatic hydroxyl groups excluding tert-OH is 1. The molecule has 0 bridgehead atoms. The third-order valence-electron chi connectivity index (χ3n) is 3.41. The van der Waals surface area contributed by atoms with Crippen LogP contribution in [0.2, 0.25) is 0 Å². The van der Waals surface area contributed by atoms with E-state index in [-0.39, 0.29) is 30.2 Å². The van der Waals surface area contributed by atoms with Crippen molar-refractivity contribution >= 4 is 9.84 Å². The van der Waals surface area contributed by atoms with Crippen molar-refractivity contribution in [2.75, 3.05) is 24.7 Å². The topological polar surface area (TPSA) is 83.6 Å². The molecule has 1 saturated heterocycles. The summed E-state index contributed by atoms with van der Waals surface area (Å²) >= 11 is 0. The molecule has 1 aliphatic heterocycles. The third-order valence-corrected chi connectivity index (χ3v) is 5.21. The molecular formula is C11H24N2O3S. The molecule has 3 atom stereocenters. The van der Waals surface area contributed by atoms with Gasteiger partial charge in [0.25, 0.3) is 0 Å². The molecule has 3 N–H and O–H groups in total. The highest BCUT2D eigenvalue weighted by atomic mass is 32.2. The van der Waals surface area contributed by atoms with E-state index in [4.69, 9.17) is 10.8 Å². The Morgan fingerprint density at radius 2 is 2.18 bits per heavy atom. The second-order valence-corrected chi connectivity index (χ2v) is 7.80. The number of aliphatic hydroxyl groups is 1. The van der Waals surface area contributed by atoms with Gasteiger partial charge in [0.05, 0.1) is 18.1 Å². The first-order valence-corrected chi connectivity index (χ1v) is 7.85. The number of hydrogen-bond donors (Lipinski definition) is 2. The number of nitrogens with two attached hydrogens (primary N) is 1. The molecule has 6 heteroatoms. The Hall–Kier alpha value is -0.170. The summed E-state index contributed by atoms with van der Waals surface area (Å²) in [5.74, 6) is 0.444. The fraction of sp³-hybridized carbons (Fsp3) is 1.00. The zero-order chi connectivity index (χ0) is 13.3. The Kier molecular flexibility index (Phi) is 4.57. The van der Waals surface area contributed by atoms with Crippen LogP contribution in [0.3, 0.4) is 0 Å². The van der Waals surface area contributed by atoms with E-state index < -0.39 is 15.4 Å². The number of rotatable bonds is 4. The molecule has 1 rings (SSSR count). The van der Waals surface area contributed by atoms with Gasteiger partial charge < -0.3 is 10.8 Å². The molecule has 17 heavy (non-hydrogen) atoms. The van der Waals surface area contributed by atoms with Crippen LogP contribution in [0.1, 0.15) is 27.2 Å². The SMILES string of the molecule is CC(CC(C)(N)CO)N1CCS(=O)(=O)CC1C. The summed E-state index contributed by atoms with van der Waals surface area (Å²) in [7, 11) is -2.87. The average Bonchev–Trinajstić information content (AvgIpc) is 2.15. The minimum absolute atomic E-state index is 0.0262. The molecule has 0 saturated carbocycles. The molecule has 1 fully saturated rings. The van der Waals surface area contributed by atoms with E-state index in [0.717, 1.165) is 0 Å². The first kappa shape index (κ1) is 14.9. The second-order valence-electron chi connectivity index (χ2n) is 5.57. The molecule has 0 radical (unpaired) electrons. The third kappa shape index (κ3) is 4.21. The number of sulfone groups is 1. The Morgan fingerprint density at radius 3 is 2.65 bits per heavy atom. The second kappa shape index (κ2) is 5.22. The Balaban J connectivity index is 2.62. The predicted molar refractivity (Wildman–Crippen MR) is 68.6 cm³/mol. The maximum atomic E-state index is 11.5. The standard InChI is InChI=1S/C11H24N2O3S/c1-9(6-11(3,12)8-14)13-4-5-17(15,16)7-10(13)2/h9-10,14H,4-8,12H2,1-3H3. The summed E-state index contributed by atoms with van der Waals surface area (Å²) < 4.78 is 23.0. The van der Waals surface area contributed by atoms with Crippen LogP contribution in [0, 0.1) is 0 Å². The van der Waals surface area contributed by atoms with Gasteiger partial charge in [-0.25, -0.2) is 8.42 Å². The number of nitrogens with zero attached hydrogens (tertiary/aromatic N) is 1. The van der Waals surface area contributed by atoms with Crippen molar-refractivity contribution in [1.82, 2.24) is 4.90 Å². The molecule has 1 heterocycles. The molecule has 0 aromatic carbocycles. The Labute approximate surface area is 104 Å². The van der Waals surface area contributed by atoms with E-state index >= 15 is 0 Å². The van der Waals surface area contributed by atoms with Crippen molar-refractivity contribution in [1.29, 1.82) is 0 Å². The lowest BCUT2D eigenvalue weighted by Gasteiger charge is -2.40. The van der Waals surface area contributed by atoms with Gasteiger partial charge in [0.1, 0.15) is 0 Å². The van der Waals surface area contributed by atoms with Crippen LogP contribution in [-0.2, 0) is 9.84 Å². The van der Waals surface area contributed by atoms with Gasteiger partial charge in [0, 0.05) is 24.2 Å². The van der Waals surface area contributed by atoms with Gasteiger partial charge >= 0.3 is 0 Å². The lowest BCUT2D eigenvalue weighted by atomic mass is 9.94. The summed E-state index contributed by atoms with van der Waals surface area (Å²) in [5, 5.41) is 9.15. The molecule has 0 aromatic rings. The van der Waals surface area contributed by atoms with Crippen LogP contribution >= 0.6 is 0 Å². The summed E-state index contributed by atoms with van der Waals surface area (Å²) in [6.45, 7) is 6.29. The van der Waals surface area contributed by atoms with E-state index in [0.29, 0.717) is 13.0 Å². The minimum atomic E-state index is -2.87. The molecule has 5 nitrogen and oxygen atoms in total. The molecule has 102 valence electrons. The molecule has 1 aliphatic rings. The zero-order valence-corrected chi connectivity index (χ0v) is 11.7. The van der Waals surface area contributed by atoms with Crippen molar-refractivity contribution in [2.24, 2.45) is 5.73 Å². The highest BCUT2D eigenvalue weighted by Gasteiger charge is 2.33. The van der Waals surface area contributed by atoms with Crippen LogP contribution in [0.15, 0.2) is 0 Å². The first-order valence-electron chi connectivity index (χ1n) is 6.03. The highest BCUT2D eigenvalue weighted by Crippen LogP contribution is 2.20. The lowest BCUT2D eigenvalue weighted by molar-refractivity contribution is 0.116. The summed E-state index contributed by atoms with van der Waals surface area (Å²) in [6.07, 6.45) is 0.661. The van der Waals surface area contributed by atoms with Crippen molar-refractivity contribution in [2.45, 2.75) is 44.8 Å². The smallest absolute Gasteiger partial charge is 0.153 e. The Morgan fingerprint density at radius 1 is 1.59 bits per heavy atom. The molecule has 0 amide bonds. The van der Waals surface area contributed by atoms with Gasteiger partial charge in [-0.2, -0.15) is 0 Å². The monoisotopic (exact) mass is 264 g/mol. The van der Waals surface area contributed by atoms with E-state index in [1.807, 2.05) is 20.8 Å². The van der Waals surface area contributed by atoms with Gasteiger partial charge in [0.2, 0.25) is 0 Å². The minimum Gasteiger partial charge on any atom is -0.394 e.